The van der Waals surface area contributed by atoms with Gasteiger partial charge in [-0.3, -0.25) is 0 Å². The lowest BCUT2D eigenvalue weighted by Gasteiger charge is -2.16. The van der Waals surface area contributed by atoms with E-state index in [1.807, 2.05) is 48.5 Å². The average Bonchev–Trinajstić information content (AvgIpc) is 3.11. The molecule has 0 saturated carbocycles. The molecule has 0 unspecified atom stereocenters. The SMILES string of the molecule is Cc1cc(-c2cc(-c3cc(-c4ccc(C(=O)O)cc4)cc(-c4ccc(C(=O)O)cc4)c3)cc(-c3ccc(C(=O)O)c(C)c3)c2)ccc1C(=O)O. The van der Waals surface area contributed by atoms with Gasteiger partial charge in [-0.2, -0.15) is 0 Å². The third-order valence-electron chi connectivity index (χ3n) is 8.71. The zero-order chi connectivity index (χ0) is 35.7. The molecule has 0 amide bonds. The van der Waals surface area contributed by atoms with Crippen molar-refractivity contribution in [2.45, 2.75) is 13.8 Å². The van der Waals surface area contributed by atoms with Gasteiger partial charge in [0.05, 0.1) is 22.3 Å². The Morgan fingerprint density at radius 2 is 0.580 bits per heavy atom. The van der Waals surface area contributed by atoms with Gasteiger partial charge in [0, 0.05) is 0 Å². The zero-order valence-electron chi connectivity index (χ0n) is 27.0. The summed E-state index contributed by atoms with van der Waals surface area (Å²) >= 11 is 0. The van der Waals surface area contributed by atoms with E-state index >= 15 is 0 Å². The fraction of sp³-hybridized carbons (Fsp3) is 0.0476. The fourth-order valence-corrected chi connectivity index (χ4v) is 6.03. The first kappa shape index (κ1) is 33.1. The molecule has 0 aliphatic heterocycles. The molecule has 8 heteroatoms. The molecule has 0 saturated heterocycles. The van der Waals surface area contributed by atoms with Crippen molar-refractivity contribution in [3.8, 4) is 55.6 Å². The largest absolute Gasteiger partial charge is 0.478 e. The van der Waals surface area contributed by atoms with E-state index in [0.717, 1.165) is 55.6 Å². The van der Waals surface area contributed by atoms with Crippen LogP contribution in [0.1, 0.15) is 52.6 Å². The maximum Gasteiger partial charge on any atom is 0.335 e. The van der Waals surface area contributed by atoms with Crippen molar-refractivity contribution in [2.24, 2.45) is 0 Å². The highest BCUT2D eigenvalue weighted by Crippen LogP contribution is 2.38. The van der Waals surface area contributed by atoms with Crippen LogP contribution in [0, 0.1) is 13.8 Å². The van der Waals surface area contributed by atoms with E-state index in [1.165, 1.54) is 24.3 Å². The summed E-state index contributed by atoms with van der Waals surface area (Å²) < 4.78 is 0. The van der Waals surface area contributed by atoms with Crippen molar-refractivity contribution in [1.82, 2.24) is 0 Å². The summed E-state index contributed by atoms with van der Waals surface area (Å²) in [7, 11) is 0. The molecular formula is C42H30O8. The van der Waals surface area contributed by atoms with Crippen molar-refractivity contribution < 1.29 is 39.6 Å². The number of carboxylic acids is 4. The summed E-state index contributed by atoms with van der Waals surface area (Å²) in [4.78, 5) is 46.6. The second kappa shape index (κ2) is 13.4. The van der Waals surface area contributed by atoms with Crippen LogP contribution in [0.15, 0.2) is 121 Å². The Kier molecular flexibility index (Phi) is 8.85. The van der Waals surface area contributed by atoms with E-state index in [2.05, 4.69) is 0 Å². The van der Waals surface area contributed by atoms with Crippen LogP contribution >= 0.6 is 0 Å². The first-order valence-corrected chi connectivity index (χ1v) is 15.5. The molecular weight excluding hydrogens is 632 g/mol. The second-order valence-corrected chi connectivity index (χ2v) is 12.0. The van der Waals surface area contributed by atoms with E-state index in [9.17, 15) is 39.6 Å². The van der Waals surface area contributed by atoms with Crippen LogP contribution in [0.4, 0.5) is 0 Å². The normalized spacial score (nSPS) is 10.8. The molecule has 4 N–H and O–H groups in total. The van der Waals surface area contributed by atoms with Crippen molar-refractivity contribution in [1.29, 1.82) is 0 Å². The predicted molar refractivity (Wildman–Crippen MR) is 191 cm³/mol. The number of rotatable bonds is 9. The molecule has 0 aromatic heterocycles. The van der Waals surface area contributed by atoms with Gasteiger partial charge < -0.3 is 20.4 Å². The third-order valence-corrected chi connectivity index (χ3v) is 8.71. The zero-order valence-corrected chi connectivity index (χ0v) is 27.0. The van der Waals surface area contributed by atoms with Crippen molar-refractivity contribution in [3.05, 3.63) is 155 Å². The lowest BCUT2D eigenvalue weighted by atomic mass is 9.89. The second-order valence-electron chi connectivity index (χ2n) is 12.0. The Balaban J connectivity index is 1.59. The number of hydrogen-bond donors (Lipinski definition) is 4. The lowest BCUT2D eigenvalue weighted by Crippen LogP contribution is -2.00. The molecule has 0 aliphatic carbocycles. The Morgan fingerprint density at radius 3 is 0.840 bits per heavy atom. The molecule has 50 heavy (non-hydrogen) atoms. The Labute approximate surface area is 287 Å². The molecule has 0 radical (unpaired) electrons. The summed E-state index contributed by atoms with van der Waals surface area (Å²) in [6.45, 7) is 3.49. The first-order chi connectivity index (χ1) is 23.9. The molecule has 0 bridgehead atoms. The number of carboxylic acid groups (broad SMARTS) is 4. The van der Waals surface area contributed by atoms with E-state index in [-0.39, 0.29) is 22.3 Å². The summed E-state index contributed by atoms with van der Waals surface area (Å²) in [5.74, 6) is -4.11. The van der Waals surface area contributed by atoms with Gasteiger partial charge in [-0.25, -0.2) is 19.2 Å². The maximum atomic E-state index is 11.8. The minimum absolute atomic E-state index is 0.153. The molecule has 6 aromatic carbocycles. The monoisotopic (exact) mass is 662 g/mol. The number of aromatic carboxylic acids is 4. The minimum Gasteiger partial charge on any atom is -0.478 e. The summed E-state index contributed by atoms with van der Waals surface area (Å²) in [6, 6.07) is 35.3. The van der Waals surface area contributed by atoms with Gasteiger partial charge in [-0.15, -0.1) is 0 Å². The Bertz CT molecular complexity index is 2180. The molecule has 8 nitrogen and oxygen atoms in total. The van der Waals surface area contributed by atoms with Crippen LogP contribution in [0.25, 0.3) is 55.6 Å². The molecule has 0 aliphatic rings. The Hall–Kier alpha value is -6.80. The lowest BCUT2D eigenvalue weighted by molar-refractivity contribution is 0.0685. The molecule has 6 aromatic rings. The molecule has 0 spiro atoms. The molecule has 0 atom stereocenters. The average molecular weight is 663 g/mol. The van der Waals surface area contributed by atoms with Crippen molar-refractivity contribution in [3.63, 3.8) is 0 Å². The molecule has 0 heterocycles. The van der Waals surface area contributed by atoms with Gasteiger partial charge in [0.15, 0.2) is 0 Å². The van der Waals surface area contributed by atoms with Crippen LogP contribution < -0.4 is 0 Å². The van der Waals surface area contributed by atoms with E-state index < -0.39 is 23.9 Å². The predicted octanol–water partition coefficient (Wildman–Crippen LogP) is 9.43. The van der Waals surface area contributed by atoms with Crippen LogP contribution in [-0.4, -0.2) is 44.3 Å². The molecule has 0 fully saturated rings. The number of carbonyl (C=O) groups is 4. The van der Waals surface area contributed by atoms with E-state index in [1.54, 1.807) is 62.4 Å². The van der Waals surface area contributed by atoms with Gasteiger partial charge in [0.2, 0.25) is 0 Å². The highest BCUT2D eigenvalue weighted by atomic mass is 16.4. The van der Waals surface area contributed by atoms with Crippen LogP contribution in [0.5, 0.6) is 0 Å². The van der Waals surface area contributed by atoms with E-state index in [0.29, 0.717) is 11.1 Å². The van der Waals surface area contributed by atoms with Gasteiger partial charge in [0.1, 0.15) is 0 Å². The van der Waals surface area contributed by atoms with Gasteiger partial charge in [0.25, 0.3) is 0 Å². The minimum atomic E-state index is -1.04. The number of aryl methyl sites for hydroxylation is 2. The summed E-state index contributed by atoms with van der Waals surface area (Å²) in [6.07, 6.45) is 0. The quantitative estimate of drug-likeness (QED) is 0.120. The topological polar surface area (TPSA) is 149 Å². The highest BCUT2D eigenvalue weighted by molar-refractivity contribution is 5.93. The van der Waals surface area contributed by atoms with Crippen molar-refractivity contribution in [2.75, 3.05) is 0 Å². The van der Waals surface area contributed by atoms with Crippen molar-refractivity contribution >= 4 is 23.9 Å². The van der Waals surface area contributed by atoms with E-state index in [4.69, 9.17) is 0 Å². The maximum absolute atomic E-state index is 11.8. The van der Waals surface area contributed by atoms with Crippen LogP contribution in [0.3, 0.4) is 0 Å². The third kappa shape index (κ3) is 6.77. The molecule has 6 rings (SSSR count). The number of hydrogen-bond acceptors (Lipinski definition) is 4. The van der Waals surface area contributed by atoms with Gasteiger partial charge >= 0.3 is 23.9 Å². The first-order valence-electron chi connectivity index (χ1n) is 15.5. The number of benzene rings is 6. The van der Waals surface area contributed by atoms with Gasteiger partial charge in [-0.05, 0) is 153 Å². The van der Waals surface area contributed by atoms with Crippen LogP contribution in [-0.2, 0) is 0 Å². The summed E-state index contributed by atoms with van der Waals surface area (Å²) in [5.41, 5.74) is 9.86. The highest BCUT2D eigenvalue weighted by Gasteiger charge is 2.15. The summed E-state index contributed by atoms with van der Waals surface area (Å²) in [5, 5.41) is 38.2. The fourth-order valence-electron chi connectivity index (χ4n) is 6.03. The standard InChI is InChI=1S/C42H30O8/c1-23-15-29(11-13-37(23)41(47)48)33-20-34(30-12-14-38(42(49)50)24(2)16-30)22-36(21-33)35-18-31(25-3-7-27(8-4-25)39(43)44)17-32(19-35)26-5-9-28(10-6-26)40(45)46/h3-22H,1-2H3,(H,43,44)(H,45,46)(H,47,48)(H,49,50). The Morgan fingerprint density at radius 1 is 0.320 bits per heavy atom. The van der Waals surface area contributed by atoms with Gasteiger partial charge in [-0.1, -0.05) is 48.5 Å². The molecule has 246 valence electrons. The smallest absolute Gasteiger partial charge is 0.335 e. The van der Waals surface area contributed by atoms with Crippen LogP contribution in [0.2, 0.25) is 0 Å².